The summed E-state index contributed by atoms with van der Waals surface area (Å²) in [6.07, 6.45) is 1.68. The highest BCUT2D eigenvalue weighted by Crippen LogP contribution is 2.36. The van der Waals surface area contributed by atoms with Crippen LogP contribution in [-0.4, -0.2) is 18.5 Å². The summed E-state index contributed by atoms with van der Waals surface area (Å²) in [6, 6.07) is 20.6. The summed E-state index contributed by atoms with van der Waals surface area (Å²) >= 11 is 8.26. The van der Waals surface area contributed by atoms with E-state index in [1.807, 2.05) is 73.7 Å². The first-order valence-corrected chi connectivity index (χ1v) is 11.4. The number of nitrogens with zero attached hydrogens (tertiary/aromatic N) is 1. The van der Waals surface area contributed by atoms with Gasteiger partial charge in [-0.2, -0.15) is 0 Å². The van der Waals surface area contributed by atoms with Crippen LogP contribution >= 0.6 is 34.2 Å². The van der Waals surface area contributed by atoms with E-state index in [-0.39, 0.29) is 5.70 Å². The van der Waals surface area contributed by atoms with Gasteiger partial charge in [-0.15, -0.1) is 0 Å². The maximum atomic E-state index is 12.3. The molecule has 3 aromatic carbocycles. The average molecular weight is 560 g/mol. The molecule has 0 saturated carbocycles. The maximum Gasteiger partial charge on any atom is 0.363 e. The topological polar surface area (TPSA) is 57.1 Å². The van der Waals surface area contributed by atoms with E-state index < -0.39 is 5.97 Å². The number of halogens is 2. The molecular weight excluding hydrogens is 541 g/mol. The Balaban J connectivity index is 1.61. The number of esters is 1. The molecule has 162 valence electrons. The number of rotatable bonds is 7. The third-order valence-corrected chi connectivity index (χ3v) is 5.58. The molecule has 0 spiro atoms. The molecule has 1 heterocycles. The lowest BCUT2D eigenvalue weighted by molar-refractivity contribution is -0.129. The maximum absolute atomic E-state index is 12.3. The van der Waals surface area contributed by atoms with E-state index in [1.54, 1.807) is 6.08 Å². The van der Waals surface area contributed by atoms with Gasteiger partial charge in [0.15, 0.2) is 17.2 Å². The highest BCUT2D eigenvalue weighted by molar-refractivity contribution is 14.1. The normalized spacial score (nSPS) is 14.3. The van der Waals surface area contributed by atoms with E-state index in [2.05, 4.69) is 27.6 Å². The minimum atomic E-state index is -0.488. The lowest BCUT2D eigenvalue weighted by Crippen LogP contribution is -2.05. The summed E-state index contributed by atoms with van der Waals surface area (Å²) in [7, 11) is 0. The molecule has 0 N–H and O–H groups in total. The molecule has 1 aliphatic rings. The van der Waals surface area contributed by atoms with Crippen molar-refractivity contribution in [2.24, 2.45) is 4.99 Å². The fourth-order valence-corrected chi connectivity index (χ4v) is 4.12. The molecule has 0 aromatic heterocycles. The predicted octanol–water partition coefficient (Wildman–Crippen LogP) is 6.27. The molecule has 0 radical (unpaired) electrons. The Labute approximate surface area is 204 Å². The molecule has 32 heavy (non-hydrogen) atoms. The monoisotopic (exact) mass is 559 g/mol. The highest BCUT2D eigenvalue weighted by Gasteiger charge is 2.24. The van der Waals surface area contributed by atoms with Gasteiger partial charge in [0.2, 0.25) is 5.90 Å². The van der Waals surface area contributed by atoms with Crippen molar-refractivity contribution in [2.45, 2.75) is 13.5 Å². The van der Waals surface area contributed by atoms with Crippen molar-refractivity contribution in [3.8, 4) is 11.5 Å². The van der Waals surface area contributed by atoms with Crippen molar-refractivity contribution in [3.05, 3.63) is 97.7 Å². The number of hydrogen-bond acceptors (Lipinski definition) is 5. The second-order valence-corrected chi connectivity index (χ2v) is 8.48. The van der Waals surface area contributed by atoms with E-state index in [0.29, 0.717) is 35.6 Å². The van der Waals surface area contributed by atoms with Gasteiger partial charge in [-0.1, -0.05) is 41.9 Å². The fourth-order valence-electron chi connectivity index (χ4n) is 3.13. The molecule has 4 rings (SSSR count). The highest BCUT2D eigenvalue weighted by atomic mass is 127. The van der Waals surface area contributed by atoms with Gasteiger partial charge in [-0.25, -0.2) is 9.79 Å². The summed E-state index contributed by atoms with van der Waals surface area (Å²) < 4.78 is 18.1. The van der Waals surface area contributed by atoms with Crippen LogP contribution in [0.25, 0.3) is 6.08 Å². The summed E-state index contributed by atoms with van der Waals surface area (Å²) in [5, 5.41) is 0.659. The molecular formula is C25H19ClINO4. The smallest absolute Gasteiger partial charge is 0.363 e. The van der Waals surface area contributed by atoms with E-state index in [4.69, 9.17) is 25.8 Å². The van der Waals surface area contributed by atoms with E-state index >= 15 is 0 Å². The first kappa shape index (κ1) is 22.4. The number of carbonyl (C=O) groups excluding carboxylic acids is 1. The molecule has 0 atom stereocenters. The Morgan fingerprint density at radius 1 is 1.06 bits per heavy atom. The summed E-state index contributed by atoms with van der Waals surface area (Å²) in [6.45, 7) is 2.74. The summed E-state index contributed by atoms with van der Waals surface area (Å²) in [4.78, 5) is 16.7. The van der Waals surface area contributed by atoms with Crippen LogP contribution in [-0.2, 0) is 16.1 Å². The minimum Gasteiger partial charge on any atom is -0.490 e. The Hall–Kier alpha value is -2.84. The molecule has 3 aromatic rings. The Morgan fingerprint density at radius 2 is 1.88 bits per heavy atom. The largest absolute Gasteiger partial charge is 0.490 e. The van der Waals surface area contributed by atoms with Crippen LogP contribution in [0.1, 0.15) is 23.6 Å². The second kappa shape index (κ2) is 10.2. The van der Waals surface area contributed by atoms with E-state index in [0.717, 1.165) is 20.3 Å². The Morgan fingerprint density at radius 3 is 2.62 bits per heavy atom. The zero-order valence-electron chi connectivity index (χ0n) is 17.2. The fraction of sp³-hybridized carbons (Fsp3) is 0.120. The van der Waals surface area contributed by atoms with Gasteiger partial charge in [0.05, 0.1) is 10.2 Å². The van der Waals surface area contributed by atoms with Gasteiger partial charge in [0.25, 0.3) is 0 Å². The molecule has 0 saturated heterocycles. The first-order chi connectivity index (χ1) is 15.5. The predicted molar refractivity (Wildman–Crippen MR) is 133 cm³/mol. The molecule has 0 unspecified atom stereocenters. The third kappa shape index (κ3) is 5.31. The molecule has 0 aliphatic carbocycles. The number of cyclic esters (lactones) is 1. The summed E-state index contributed by atoms with van der Waals surface area (Å²) in [5.74, 6) is 1.03. The molecule has 7 heteroatoms. The van der Waals surface area contributed by atoms with E-state index in [9.17, 15) is 4.79 Å². The molecule has 5 nitrogen and oxygen atoms in total. The third-order valence-electron chi connectivity index (χ3n) is 4.55. The molecule has 0 fully saturated rings. The average Bonchev–Trinajstić information content (AvgIpc) is 3.14. The van der Waals surface area contributed by atoms with Crippen LogP contribution in [0.5, 0.6) is 11.5 Å². The Kier molecular flexibility index (Phi) is 7.12. The second-order valence-electron chi connectivity index (χ2n) is 6.88. The van der Waals surface area contributed by atoms with Gasteiger partial charge in [-0.05, 0) is 83.1 Å². The van der Waals surface area contributed by atoms with Crippen molar-refractivity contribution in [2.75, 3.05) is 6.61 Å². The lowest BCUT2D eigenvalue weighted by atomic mass is 10.1. The number of ether oxygens (including phenoxy) is 3. The first-order valence-electron chi connectivity index (χ1n) is 9.95. The number of aliphatic imine (C=N–C) groups is 1. The Bertz CT molecular complexity index is 1210. The molecule has 0 amide bonds. The standard InChI is InChI=1S/C25H19ClINO4/c1-2-30-22-14-17(12-20(27)23(22)31-15-16-7-6-10-19(26)11-16)13-21-25(29)32-24(28-21)18-8-4-3-5-9-18/h3-14H,2,15H2,1H3/b21-13-. The lowest BCUT2D eigenvalue weighted by Gasteiger charge is -2.15. The van der Waals surface area contributed by atoms with Gasteiger partial charge < -0.3 is 14.2 Å². The van der Waals surface area contributed by atoms with Crippen LogP contribution in [0.2, 0.25) is 5.02 Å². The quantitative estimate of drug-likeness (QED) is 0.195. The van der Waals surface area contributed by atoms with Crippen molar-refractivity contribution >= 4 is 52.1 Å². The van der Waals surface area contributed by atoms with Crippen molar-refractivity contribution < 1.29 is 19.0 Å². The van der Waals surface area contributed by atoms with Crippen LogP contribution in [0, 0.1) is 3.57 Å². The SMILES string of the molecule is CCOc1cc(/C=C2\N=C(c3ccccc3)OC2=O)cc(I)c1OCc1cccc(Cl)c1. The summed E-state index contributed by atoms with van der Waals surface area (Å²) in [5.41, 5.74) is 2.70. The van der Waals surface area contributed by atoms with Crippen LogP contribution in [0.15, 0.2) is 77.4 Å². The van der Waals surface area contributed by atoms with Crippen molar-refractivity contribution in [1.29, 1.82) is 0 Å². The van der Waals surface area contributed by atoms with Crippen LogP contribution < -0.4 is 9.47 Å². The zero-order chi connectivity index (χ0) is 22.5. The van der Waals surface area contributed by atoms with E-state index in [1.165, 1.54) is 0 Å². The van der Waals surface area contributed by atoms with Gasteiger partial charge in [0.1, 0.15) is 6.61 Å². The zero-order valence-corrected chi connectivity index (χ0v) is 20.1. The van der Waals surface area contributed by atoms with Crippen LogP contribution in [0.4, 0.5) is 0 Å². The number of hydrogen-bond donors (Lipinski definition) is 0. The van der Waals surface area contributed by atoms with Gasteiger partial charge in [-0.3, -0.25) is 0 Å². The van der Waals surface area contributed by atoms with Crippen molar-refractivity contribution in [1.82, 2.24) is 0 Å². The molecule has 0 bridgehead atoms. The number of benzene rings is 3. The number of carbonyl (C=O) groups is 1. The van der Waals surface area contributed by atoms with Gasteiger partial charge in [0, 0.05) is 10.6 Å². The molecule has 1 aliphatic heterocycles. The van der Waals surface area contributed by atoms with Crippen LogP contribution in [0.3, 0.4) is 0 Å². The minimum absolute atomic E-state index is 0.231. The van der Waals surface area contributed by atoms with Gasteiger partial charge >= 0.3 is 5.97 Å². The van der Waals surface area contributed by atoms with Crippen molar-refractivity contribution in [3.63, 3.8) is 0 Å².